The molecule has 1 fully saturated rings. The van der Waals surface area contributed by atoms with Crippen molar-refractivity contribution in [1.82, 2.24) is 10.2 Å². The molecule has 1 aliphatic rings. The molecule has 0 radical (unpaired) electrons. The van der Waals surface area contributed by atoms with Crippen molar-refractivity contribution in [1.29, 1.82) is 0 Å². The molecule has 1 aliphatic heterocycles. The molecule has 0 aromatic heterocycles. The number of hydrogen-bond donors (Lipinski definition) is 1. The number of likely N-dealkylation sites (tertiary alicyclic amines) is 1. The fourth-order valence-electron chi connectivity index (χ4n) is 4.92. The van der Waals surface area contributed by atoms with Crippen LogP contribution in [0.2, 0.25) is 0 Å². The molecule has 1 saturated heterocycles. The van der Waals surface area contributed by atoms with Crippen molar-refractivity contribution in [2.24, 2.45) is 0 Å². The minimum atomic E-state index is -4.15. The number of benzene rings is 3. The molecule has 9 nitrogen and oxygen atoms in total. The average molecular weight is 582 g/mol. The SMILES string of the molecule is CCOc1ccc(N(CC(=O)NCc2ccccc2CN2CCCCC2)S(=O)(=O)c2ccc(OC)c(OC)c2)cc1. The first-order valence-electron chi connectivity index (χ1n) is 13.9. The van der Waals surface area contributed by atoms with Crippen molar-refractivity contribution in [2.45, 2.75) is 44.2 Å². The highest BCUT2D eigenvalue weighted by Gasteiger charge is 2.28. The van der Waals surface area contributed by atoms with E-state index >= 15 is 0 Å². The fourth-order valence-corrected chi connectivity index (χ4v) is 6.35. The Bertz CT molecular complexity index is 1410. The predicted octanol–water partition coefficient (Wildman–Crippen LogP) is 4.60. The van der Waals surface area contributed by atoms with Crippen LogP contribution in [0.4, 0.5) is 5.69 Å². The van der Waals surface area contributed by atoms with Crippen molar-refractivity contribution >= 4 is 21.6 Å². The van der Waals surface area contributed by atoms with Crippen LogP contribution in [0.3, 0.4) is 0 Å². The zero-order valence-electron chi connectivity index (χ0n) is 24.0. The summed E-state index contributed by atoms with van der Waals surface area (Å²) in [5.74, 6) is 0.861. The van der Waals surface area contributed by atoms with Crippen LogP contribution in [-0.4, -0.2) is 59.7 Å². The molecule has 4 rings (SSSR count). The number of carbonyl (C=O) groups excluding carboxylic acids is 1. The van der Waals surface area contributed by atoms with E-state index < -0.39 is 22.5 Å². The van der Waals surface area contributed by atoms with Gasteiger partial charge >= 0.3 is 0 Å². The Balaban J connectivity index is 1.56. The molecule has 0 saturated carbocycles. The summed E-state index contributed by atoms with van der Waals surface area (Å²) in [6, 6.07) is 19.0. The lowest BCUT2D eigenvalue weighted by Crippen LogP contribution is -2.40. The van der Waals surface area contributed by atoms with Gasteiger partial charge in [-0.3, -0.25) is 14.0 Å². The number of methoxy groups -OCH3 is 2. The van der Waals surface area contributed by atoms with Gasteiger partial charge in [-0.05, 0) is 80.4 Å². The number of sulfonamides is 1. The van der Waals surface area contributed by atoms with Gasteiger partial charge in [-0.25, -0.2) is 8.42 Å². The summed E-state index contributed by atoms with van der Waals surface area (Å²) in [6.07, 6.45) is 3.68. The minimum Gasteiger partial charge on any atom is -0.494 e. The van der Waals surface area contributed by atoms with Crippen LogP contribution < -0.4 is 23.8 Å². The quantitative estimate of drug-likeness (QED) is 0.315. The van der Waals surface area contributed by atoms with E-state index in [-0.39, 0.29) is 10.6 Å². The summed E-state index contributed by atoms with van der Waals surface area (Å²) >= 11 is 0. The lowest BCUT2D eigenvalue weighted by atomic mass is 10.0. The number of ether oxygens (including phenoxy) is 3. The van der Waals surface area contributed by atoms with Gasteiger partial charge in [-0.2, -0.15) is 0 Å². The highest BCUT2D eigenvalue weighted by atomic mass is 32.2. The maximum absolute atomic E-state index is 13.9. The summed E-state index contributed by atoms with van der Waals surface area (Å²) in [7, 11) is -1.23. The number of piperidine rings is 1. The van der Waals surface area contributed by atoms with Gasteiger partial charge in [0.15, 0.2) is 11.5 Å². The lowest BCUT2D eigenvalue weighted by molar-refractivity contribution is -0.119. The van der Waals surface area contributed by atoms with Gasteiger partial charge in [-0.1, -0.05) is 30.7 Å². The van der Waals surface area contributed by atoms with E-state index in [2.05, 4.69) is 16.3 Å². The number of anilines is 1. The molecule has 1 N–H and O–H groups in total. The van der Waals surface area contributed by atoms with Gasteiger partial charge < -0.3 is 19.5 Å². The molecular weight excluding hydrogens is 542 g/mol. The molecule has 0 unspecified atom stereocenters. The van der Waals surface area contributed by atoms with Crippen molar-refractivity contribution in [3.8, 4) is 17.2 Å². The van der Waals surface area contributed by atoms with E-state index in [1.54, 1.807) is 24.3 Å². The Morgan fingerprint density at radius 3 is 2.24 bits per heavy atom. The second-order valence-corrected chi connectivity index (χ2v) is 11.7. The first-order chi connectivity index (χ1) is 19.8. The molecule has 3 aromatic rings. The smallest absolute Gasteiger partial charge is 0.264 e. The van der Waals surface area contributed by atoms with Gasteiger partial charge in [0.2, 0.25) is 5.91 Å². The monoisotopic (exact) mass is 581 g/mol. The number of rotatable bonds is 13. The third-order valence-corrected chi connectivity index (χ3v) is 8.87. The topological polar surface area (TPSA) is 97.4 Å². The van der Waals surface area contributed by atoms with E-state index in [0.717, 1.165) is 35.1 Å². The molecule has 1 heterocycles. The van der Waals surface area contributed by atoms with Crippen LogP contribution >= 0.6 is 0 Å². The molecule has 0 aliphatic carbocycles. The van der Waals surface area contributed by atoms with Crippen LogP contribution in [0, 0.1) is 0 Å². The molecule has 41 heavy (non-hydrogen) atoms. The van der Waals surface area contributed by atoms with Crippen LogP contribution in [0.25, 0.3) is 0 Å². The number of amides is 1. The van der Waals surface area contributed by atoms with Crippen molar-refractivity contribution in [3.63, 3.8) is 0 Å². The zero-order chi connectivity index (χ0) is 29.2. The van der Waals surface area contributed by atoms with Gasteiger partial charge in [0.25, 0.3) is 10.0 Å². The largest absolute Gasteiger partial charge is 0.494 e. The van der Waals surface area contributed by atoms with Crippen LogP contribution in [0.5, 0.6) is 17.2 Å². The Hall–Kier alpha value is -3.76. The van der Waals surface area contributed by atoms with E-state index in [1.807, 2.05) is 25.1 Å². The summed E-state index contributed by atoms with van der Waals surface area (Å²) < 4.78 is 45.0. The molecule has 220 valence electrons. The van der Waals surface area contributed by atoms with Crippen LogP contribution in [0.1, 0.15) is 37.3 Å². The second-order valence-electron chi connectivity index (χ2n) is 9.84. The van der Waals surface area contributed by atoms with E-state index in [9.17, 15) is 13.2 Å². The molecule has 10 heteroatoms. The lowest BCUT2D eigenvalue weighted by Gasteiger charge is -2.27. The van der Waals surface area contributed by atoms with E-state index in [4.69, 9.17) is 14.2 Å². The second kappa shape index (κ2) is 14.2. The normalized spacial score (nSPS) is 13.8. The van der Waals surface area contributed by atoms with E-state index in [1.165, 1.54) is 51.7 Å². The van der Waals surface area contributed by atoms with Crippen molar-refractivity contribution in [3.05, 3.63) is 77.9 Å². The molecule has 1 amide bonds. The zero-order valence-corrected chi connectivity index (χ0v) is 24.8. The van der Waals surface area contributed by atoms with Crippen molar-refractivity contribution in [2.75, 3.05) is 44.8 Å². The Morgan fingerprint density at radius 1 is 0.902 bits per heavy atom. The van der Waals surface area contributed by atoms with E-state index in [0.29, 0.717) is 30.3 Å². The average Bonchev–Trinajstić information content (AvgIpc) is 3.00. The summed E-state index contributed by atoms with van der Waals surface area (Å²) in [5, 5.41) is 2.94. The standard InChI is InChI=1S/C31H39N3O6S/c1-4-40-27-14-12-26(13-15-27)34(41(36,37)28-16-17-29(38-2)30(20-28)39-3)23-31(35)32-21-24-10-6-7-11-25(24)22-33-18-8-5-9-19-33/h6-7,10-17,20H,4-5,8-9,18-19,21-23H2,1-3H3,(H,32,35). The summed E-state index contributed by atoms with van der Waals surface area (Å²) in [6.45, 7) is 5.23. The first kappa shape index (κ1) is 30.2. The maximum Gasteiger partial charge on any atom is 0.264 e. The number of hydrogen-bond acceptors (Lipinski definition) is 7. The fraction of sp³-hybridized carbons (Fsp3) is 0.387. The Kier molecular flexibility index (Phi) is 10.5. The molecule has 3 aromatic carbocycles. The van der Waals surface area contributed by atoms with Gasteiger partial charge in [0.05, 0.1) is 31.4 Å². The third-order valence-electron chi connectivity index (χ3n) is 7.10. The Labute approximate surface area is 243 Å². The highest BCUT2D eigenvalue weighted by molar-refractivity contribution is 7.92. The van der Waals surface area contributed by atoms with Crippen molar-refractivity contribution < 1.29 is 27.4 Å². The molecule has 0 atom stereocenters. The number of carbonyl (C=O) groups is 1. The summed E-state index contributed by atoms with van der Waals surface area (Å²) in [4.78, 5) is 15.7. The van der Waals surface area contributed by atoms with Crippen LogP contribution in [-0.2, 0) is 27.9 Å². The highest BCUT2D eigenvalue weighted by Crippen LogP contribution is 2.32. The third kappa shape index (κ3) is 7.71. The number of nitrogens with zero attached hydrogens (tertiary/aromatic N) is 2. The molecule has 0 spiro atoms. The molecule has 0 bridgehead atoms. The number of nitrogens with one attached hydrogen (secondary N) is 1. The minimum absolute atomic E-state index is 0.0243. The van der Waals surface area contributed by atoms with Gasteiger partial charge in [0.1, 0.15) is 12.3 Å². The summed E-state index contributed by atoms with van der Waals surface area (Å²) in [5.41, 5.74) is 2.52. The Morgan fingerprint density at radius 2 is 1.59 bits per heavy atom. The van der Waals surface area contributed by atoms with Gasteiger partial charge in [0, 0.05) is 19.2 Å². The maximum atomic E-state index is 13.9. The first-order valence-corrected chi connectivity index (χ1v) is 15.3. The van der Waals surface area contributed by atoms with Crippen LogP contribution in [0.15, 0.2) is 71.6 Å². The van der Waals surface area contributed by atoms with Gasteiger partial charge in [-0.15, -0.1) is 0 Å². The molecular formula is C31H39N3O6S. The predicted molar refractivity (Wildman–Crippen MR) is 159 cm³/mol.